The molecule has 3 amide bonds. The number of amides is 3. The first-order valence-electron chi connectivity index (χ1n) is 10.1. The zero-order valence-corrected chi connectivity index (χ0v) is 17.2. The summed E-state index contributed by atoms with van der Waals surface area (Å²) in [6.45, 7) is 3.34. The van der Waals surface area contributed by atoms with Crippen LogP contribution in [0.25, 0.3) is 0 Å². The molecule has 0 atom stereocenters. The van der Waals surface area contributed by atoms with Gasteiger partial charge in [-0.2, -0.15) is 10.2 Å². The van der Waals surface area contributed by atoms with Crippen molar-refractivity contribution in [2.24, 2.45) is 0 Å². The lowest BCUT2D eigenvalue weighted by Crippen LogP contribution is -2.41. The lowest BCUT2D eigenvalue weighted by atomic mass is 10.1. The van der Waals surface area contributed by atoms with Gasteiger partial charge < -0.3 is 10.2 Å². The highest BCUT2D eigenvalue weighted by Crippen LogP contribution is 2.25. The minimum absolute atomic E-state index is 0.0369. The average Bonchev–Trinajstić information content (AvgIpc) is 3.36. The summed E-state index contributed by atoms with van der Waals surface area (Å²) >= 11 is 0. The quantitative estimate of drug-likeness (QED) is 0.657. The summed E-state index contributed by atoms with van der Waals surface area (Å²) in [7, 11) is 0. The second kappa shape index (κ2) is 8.99. The van der Waals surface area contributed by atoms with Gasteiger partial charge >= 0.3 is 6.03 Å². The van der Waals surface area contributed by atoms with E-state index in [0.717, 1.165) is 18.5 Å². The highest BCUT2D eigenvalue weighted by Gasteiger charge is 2.26. The van der Waals surface area contributed by atoms with Crippen LogP contribution in [0.1, 0.15) is 24.6 Å². The summed E-state index contributed by atoms with van der Waals surface area (Å²) in [4.78, 5) is 26.7. The maximum Gasteiger partial charge on any atom is 0.324 e. The third-order valence-corrected chi connectivity index (χ3v) is 5.23. The van der Waals surface area contributed by atoms with Gasteiger partial charge in [-0.15, -0.1) is 0 Å². The number of nitrogens with one attached hydrogen (secondary N) is 2. The maximum absolute atomic E-state index is 13.3. The van der Waals surface area contributed by atoms with E-state index in [-0.39, 0.29) is 18.5 Å². The van der Waals surface area contributed by atoms with Gasteiger partial charge in [0, 0.05) is 31.0 Å². The van der Waals surface area contributed by atoms with Crippen LogP contribution >= 0.6 is 0 Å². The number of piperidine rings is 1. The van der Waals surface area contributed by atoms with Crippen molar-refractivity contribution >= 4 is 23.4 Å². The van der Waals surface area contributed by atoms with E-state index in [1.54, 1.807) is 33.9 Å². The summed E-state index contributed by atoms with van der Waals surface area (Å²) < 4.78 is 16.7. The predicted molar refractivity (Wildman–Crippen MR) is 113 cm³/mol. The first-order valence-corrected chi connectivity index (χ1v) is 10.1. The van der Waals surface area contributed by atoms with Crippen LogP contribution < -0.4 is 10.6 Å². The van der Waals surface area contributed by atoms with Gasteiger partial charge in [0.05, 0.1) is 17.9 Å². The number of hydrogen-bond acceptors (Lipinski definition) is 4. The summed E-state index contributed by atoms with van der Waals surface area (Å²) in [5.41, 5.74) is 1.24. The summed E-state index contributed by atoms with van der Waals surface area (Å²) in [6, 6.07) is 8.86. The van der Waals surface area contributed by atoms with Crippen molar-refractivity contribution in [1.29, 1.82) is 0 Å². The average molecular weight is 425 g/mol. The number of benzene rings is 1. The fraction of sp³-hybridized carbons (Fsp3) is 0.333. The Morgan fingerprint density at radius 2 is 1.97 bits per heavy atom. The summed E-state index contributed by atoms with van der Waals surface area (Å²) in [5, 5.41) is 14.0. The van der Waals surface area contributed by atoms with Crippen LogP contribution in [0.2, 0.25) is 0 Å². The van der Waals surface area contributed by atoms with Crippen LogP contribution in [-0.2, 0) is 11.3 Å². The number of aromatic nitrogens is 4. The van der Waals surface area contributed by atoms with Crippen LogP contribution in [0.5, 0.6) is 0 Å². The Kier molecular flexibility index (Phi) is 5.96. The highest BCUT2D eigenvalue weighted by atomic mass is 19.1. The molecule has 0 unspecified atom stereocenters. The summed E-state index contributed by atoms with van der Waals surface area (Å²) in [5.74, 6) is 0.160. The largest absolute Gasteiger partial charge is 0.341 e. The number of carbonyl (C=O) groups is 2. The van der Waals surface area contributed by atoms with Gasteiger partial charge in [-0.25, -0.2) is 13.9 Å². The molecule has 1 aliphatic rings. The molecule has 1 aromatic carbocycles. The van der Waals surface area contributed by atoms with Gasteiger partial charge in [-0.05, 0) is 44.0 Å². The van der Waals surface area contributed by atoms with E-state index in [1.165, 1.54) is 18.2 Å². The molecule has 3 heterocycles. The molecule has 10 heteroatoms. The predicted octanol–water partition coefficient (Wildman–Crippen LogP) is 3.03. The number of urea groups is 1. The zero-order valence-electron chi connectivity index (χ0n) is 17.2. The molecule has 31 heavy (non-hydrogen) atoms. The van der Waals surface area contributed by atoms with Gasteiger partial charge in [0.15, 0.2) is 0 Å². The highest BCUT2D eigenvalue weighted by molar-refractivity contribution is 5.99. The van der Waals surface area contributed by atoms with E-state index in [2.05, 4.69) is 20.8 Å². The van der Waals surface area contributed by atoms with Crippen LogP contribution in [0, 0.1) is 12.7 Å². The van der Waals surface area contributed by atoms with Crippen molar-refractivity contribution in [3.8, 4) is 0 Å². The summed E-state index contributed by atoms with van der Waals surface area (Å²) in [6.07, 6.45) is 4.88. The lowest BCUT2D eigenvalue weighted by Gasteiger charge is -2.32. The van der Waals surface area contributed by atoms with Crippen molar-refractivity contribution in [2.75, 3.05) is 23.7 Å². The molecule has 2 aromatic heterocycles. The third kappa shape index (κ3) is 5.08. The number of anilines is 2. The Labute approximate surface area is 178 Å². The molecule has 3 aromatic rings. The van der Waals surface area contributed by atoms with Gasteiger partial charge in [0.2, 0.25) is 5.91 Å². The number of halogens is 1. The molecule has 0 saturated carbocycles. The Balaban J connectivity index is 1.32. The molecule has 0 spiro atoms. The van der Waals surface area contributed by atoms with E-state index in [1.807, 2.05) is 17.9 Å². The number of aryl methyl sites for hydroxylation is 1. The fourth-order valence-electron chi connectivity index (χ4n) is 3.70. The number of likely N-dealkylation sites (tertiary alicyclic amines) is 1. The molecule has 0 radical (unpaired) electrons. The van der Waals surface area contributed by atoms with Gasteiger partial charge in [-0.1, -0.05) is 6.07 Å². The monoisotopic (exact) mass is 425 g/mol. The number of rotatable bonds is 5. The Hall–Kier alpha value is -3.69. The van der Waals surface area contributed by atoms with Crippen molar-refractivity contribution in [1.82, 2.24) is 24.5 Å². The van der Waals surface area contributed by atoms with Crippen LogP contribution in [0.4, 0.5) is 20.7 Å². The van der Waals surface area contributed by atoms with Crippen molar-refractivity contribution in [2.45, 2.75) is 32.4 Å². The molecule has 162 valence electrons. The van der Waals surface area contributed by atoms with E-state index < -0.39 is 11.8 Å². The molecule has 9 nitrogen and oxygen atoms in total. The number of hydrogen-bond donors (Lipinski definition) is 2. The normalized spacial score (nSPS) is 14.5. The molecule has 1 aliphatic heterocycles. The lowest BCUT2D eigenvalue weighted by molar-refractivity contribution is -0.133. The van der Waals surface area contributed by atoms with Crippen LogP contribution in [0.3, 0.4) is 0 Å². The van der Waals surface area contributed by atoms with Crippen molar-refractivity contribution in [3.63, 3.8) is 0 Å². The topological polar surface area (TPSA) is 97.1 Å². The van der Waals surface area contributed by atoms with Crippen LogP contribution in [0.15, 0.2) is 48.8 Å². The van der Waals surface area contributed by atoms with Gasteiger partial charge in [0.25, 0.3) is 0 Å². The standard InChI is InChI=1S/C21H24FN7O2/c1-15-6-12-28(26-15)14-20(30)27-10-7-18(8-11-27)29-19(5-9-23-29)25-21(31)24-17-4-2-3-16(22)13-17/h2-6,9,12-13,18H,7-8,10-11,14H2,1H3,(H2,24,25,31). The Bertz CT molecular complexity index is 1070. The SMILES string of the molecule is Cc1ccn(CC(=O)N2CCC(n3nccc3NC(=O)Nc3cccc(F)c3)CC2)n1. The molecule has 0 aliphatic carbocycles. The minimum atomic E-state index is -0.477. The third-order valence-electron chi connectivity index (χ3n) is 5.23. The van der Waals surface area contributed by atoms with E-state index >= 15 is 0 Å². The first-order chi connectivity index (χ1) is 15.0. The van der Waals surface area contributed by atoms with Crippen molar-refractivity contribution < 1.29 is 14.0 Å². The first kappa shape index (κ1) is 20.6. The molecule has 0 bridgehead atoms. The van der Waals surface area contributed by atoms with Crippen LogP contribution in [-0.4, -0.2) is 49.5 Å². The second-order valence-electron chi connectivity index (χ2n) is 7.52. The molecule has 1 fully saturated rings. The van der Waals surface area contributed by atoms with E-state index in [4.69, 9.17) is 0 Å². The second-order valence-corrected chi connectivity index (χ2v) is 7.52. The fourth-order valence-corrected chi connectivity index (χ4v) is 3.70. The molecule has 1 saturated heterocycles. The Morgan fingerprint density at radius 1 is 1.16 bits per heavy atom. The zero-order chi connectivity index (χ0) is 21.8. The molecular formula is C21H24FN7O2. The molecule has 4 rings (SSSR count). The number of nitrogens with zero attached hydrogens (tertiary/aromatic N) is 5. The van der Waals surface area contributed by atoms with E-state index in [0.29, 0.717) is 24.6 Å². The van der Waals surface area contributed by atoms with E-state index in [9.17, 15) is 14.0 Å². The number of carbonyl (C=O) groups excluding carboxylic acids is 2. The van der Waals surface area contributed by atoms with Gasteiger partial charge in [0.1, 0.15) is 18.2 Å². The minimum Gasteiger partial charge on any atom is -0.341 e. The Morgan fingerprint density at radius 3 is 2.68 bits per heavy atom. The smallest absolute Gasteiger partial charge is 0.324 e. The van der Waals surface area contributed by atoms with Gasteiger partial charge in [-0.3, -0.25) is 14.8 Å². The molecule has 2 N–H and O–H groups in total. The van der Waals surface area contributed by atoms with Crippen molar-refractivity contribution in [3.05, 3.63) is 60.3 Å². The molecular weight excluding hydrogens is 401 g/mol. The maximum atomic E-state index is 13.3.